The van der Waals surface area contributed by atoms with Crippen LogP contribution in [0, 0.1) is 5.92 Å². The quantitative estimate of drug-likeness (QED) is 0.838. The van der Waals surface area contributed by atoms with E-state index in [4.69, 9.17) is 27.7 Å². The number of amides is 1. The molecule has 0 spiro atoms. The fourth-order valence-corrected chi connectivity index (χ4v) is 4.29. The lowest BCUT2D eigenvalue weighted by atomic mass is 10.1. The third kappa shape index (κ3) is 3.81. The Morgan fingerprint density at radius 3 is 2.62 bits per heavy atom. The van der Waals surface area contributed by atoms with Crippen LogP contribution >= 0.6 is 23.2 Å². The number of hydrogen-bond acceptors (Lipinski definition) is 5. The van der Waals surface area contributed by atoms with E-state index >= 15 is 0 Å². The van der Waals surface area contributed by atoms with Crippen LogP contribution in [-0.4, -0.2) is 40.1 Å². The molecule has 2 fully saturated rings. The van der Waals surface area contributed by atoms with Crippen LogP contribution in [-0.2, 0) is 4.79 Å². The standard InChI is InChI=1S/C18H20Cl2N4O2/c19-13-7-12(8-14(20)9-13)16-22-18(26-23-16)21-15-5-6-24(10-15)17(25)11-3-1-2-4-11/h7-9,11,15H,1-6,10H2,(H,21,22,23). The van der Waals surface area contributed by atoms with Gasteiger partial charge in [0.15, 0.2) is 0 Å². The SMILES string of the molecule is O=C(C1CCCC1)N1CCC(Nc2nc(-c3cc(Cl)cc(Cl)c3)no2)C1. The summed E-state index contributed by atoms with van der Waals surface area (Å²) >= 11 is 12.0. The van der Waals surface area contributed by atoms with Crippen molar-refractivity contribution in [3.05, 3.63) is 28.2 Å². The van der Waals surface area contributed by atoms with Gasteiger partial charge in [-0.3, -0.25) is 4.79 Å². The maximum absolute atomic E-state index is 12.5. The van der Waals surface area contributed by atoms with Crippen molar-refractivity contribution in [1.82, 2.24) is 15.0 Å². The molecular weight excluding hydrogens is 375 g/mol. The normalized spacial score (nSPS) is 20.7. The number of hydrogen-bond donors (Lipinski definition) is 1. The lowest BCUT2D eigenvalue weighted by molar-refractivity contribution is -0.134. The van der Waals surface area contributed by atoms with Crippen molar-refractivity contribution in [1.29, 1.82) is 0 Å². The van der Waals surface area contributed by atoms with Gasteiger partial charge in [-0.05, 0) is 37.5 Å². The monoisotopic (exact) mass is 394 g/mol. The molecule has 8 heteroatoms. The summed E-state index contributed by atoms with van der Waals surface area (Å²) in [5, 5.41) is 8.25. The molecule has 2 heterocycles. The number of nitrogens with zero attached hydrogens (tertiary/aromatic N) is 3. The van der Waals surface area contributed by atoms with Crippen LogP contribution in [0.1, 0.15) is 32.1 Å². The molecule has 1 aromatic heterocycles. The van der Waals surface area contributed by atoms with Crippen LogP contribution in [0.25, 0.3) is 11.4 Å². The van der Waals surface area contributed by atoms with Gasteiger partial charge >= 0.3 is 6.01 Å². The topological polar surface area (TPSA) is 71.3 Å². The van der Waals surface area contributed by atoms with Crippen molar-refractivity contribution in [3.63, 3.8) is 0 Å². The zero-order valence-corrected chi connectivity index (χ0v) is 15.8. The Balaban J connectivity index is 1.38. The Bertz CT molecular complexity index is 784. The van der Waals surface area contributed by atoms with Gasteiger partial charge in [0.1, 0.15) is 0 Å². The molecule has 6 nitrogen and oxygen atoms in total. The molecular formula is C18H20Cl2N4O2. The summed E-state index contributed by atoms with van der Waals surface area (Å²) in [6.45, 7) is 1.45. The predicted molar refractivity (Wildman–Crippen MR) is 100 cm³/mol. The first-order valence-corrected chi connectivity index (χ1v) is 9.69. The number of carbonyl (C=O) groups is 1. The highest BCUT2D eigenvalue weighted by Gasteiger charge is 2.32. The summed E-state index contributed by atoms with van der Waals surface area (Å²) in [4.78, 5) is 18.8. The first-order chi connectivity index (χ1) is 12.6. The Morgan fingerprint density at radius 2 is 1.88 bits per heavy atom. The largest absolute Gasteiger partial charge is 0.340 e. The Morgan fingerprint density at radius 1 is 1.15 bits per heavy atom. The Labute approximate surface area is 161 Å². The van der Waals surface area contributed by atoms with E-state index < -0.39 is 0 Å². The zero-order chi connectivity index (χ0) is 18.1. The van der Waals surface area contributed by atoms with Crippen LogP contribution in [0.5, 0.6) is 0 Å². The Kier molecular flexibility index (Phi) is 5.05. The number of anilines is 1. The molecule has 4 rings (SSSR count). The van der Waals surface area contributed by atoms with Gasteiger partial charge in [0.2, 0.25) is 11.7 Å². The maximum atomic E-state index is 12.5. The van der Waals surface area contributed by atoms with Gasteiger partial charge in [0, 0.05) is 40.7 Å². The first-order valence-electron chi connectivity index (χ1n) is 8.94. The number of benzene rings is 1. The fraction of sp³-hybridized carbons (Fsp3) is 0.500. The second-order valence-electron chi connectivity index (χ2n) is 6.98. The summed E-state index contributed by atoms with van der Waals surface area (Å²) in [6.07, 6.45) is 5.28. The van der Waals surface area contributed by atoms with Crippen LogP contribution < -0.4 is 5.32 Å². The van der Waals surface area contributed by atoms with Crippen molar-refractivity contribution in [2.24, 2.45) is 5.92 Å². The number of likely N-dealkylation sites (tertiary alicyclic amines) is 1. The average Bonchev–Trinajstić information content (AvgIpc) is 3.36. The summed E-state index contributed by atoms with van der Waals surface area (Å²) in [5.74, 6) is 0.941. The molecule has 138 valence electrons. The van der Waals surface area contributed by atoms with E-state index in [-0.39, 0.29) is 12.0 Å². The van der Waals surface area contributed by atoms with Crippen molar-refractivity contribution in [3.8, 4) is 11.4 Å². The minimum absolute atomic E-state index is 0.122. The van der Waals surface area contributed by atoms with Gasteiger partial charge in [0.25, 0.3) is 0 Å². The second-order valence-corrected chi connectivity index (χ2v) is 7.85. The van der Waals surface area contributed by atoms with Gasteiger partial charge in [-0.1, -0.05) is 41.2 Å². The minimum Gasteiger partial charge on any atom is -0.340 e. The number of carbonyl (C=O) groups excluding carboxylic acids is 1. The van der Waals surface area contributed by atoms with Crippen LogP contribution in [0.15, 0.2) is 22.7 Å². The first kappa shape index (κ1) is 17.6. The smallest absolute Gasteiger partial charge is 0.322 e. The number of rotatable bonds is 4. The molecule has 0 radical (unpaired) electrons. The number of nitrogens with one attached hydrogen (secondary N) is 1. The predicted octanol–water partition coefficient (Wildman–Crippen LogP) is 4.25. The number of halogens is 2. The third-order valence-electron chi connectivity index (χ3n) is 5.08. The van der Waals surface area contributed by atoms with E-state index in [1.54, 1.807) is 18.2 Å². The van der Waals surface area contributed by atoms with E-state index in [0.717, 1.165) is 25.8 Å². The highest BCUT2D eigenvalue weighted by molar-refractivity contribution is 6.35. The van der Waals surface area contributed by atoms with Gasteiger partial charge in [0.05, 0.1) is 0 Å². The highest BCUT2D eigenvalue weighted by Crippen LogP contribution is 2.29. The van der Waals surface area contributed by atoms with Crippen molar-refractivity contribution < 1.29 is 9.32 Å². The van der Waals surface area contributed by atoms with Gasteiger partial charge in [-0.25, -0.2) is 0 Å². The summed E-state index contributed by atoms with van der Waals surface area (Å²) in [6, 6.07) is 5.59. The summed E-state index contributed by atoms with van der Waals surface area (Å²) < 4.78 is 5.29. The molecule has 1 N–H and O–H groups in total. The molecule has 2 aliphatic rings. The fourth-order valence-electron chi connectivity index (χ4n) is 3.77. The molecule has 1 saturated carbocycles. The summed E-state index contributed by atoms with van der Waals surface area (Å²) in [7, 11) is 0. The van der Waals surface area contributed by atoms with Crippen LogP contribution in [0.3, 0.4) is 0 Å². The lowest BCUT2D eigenvalue weighted by Gasteiger charge is -2.20. The summed E-state index contributed by atoms with van der Waals surface area (Å²) in [5.41, 5.74) is 0.698. The van der Waals surface area contributed by atoms with Crippen LogP contribution in [0.2, 0.25) is 10.0 Å². The van der Waals surface area contributed by atoms with Crippen molar-refractivity contribution >= 4 is 35.1 Å². The van der Waals surface area contributed by atoms with E-state index in [1.807, 2.05) is 4.90 Å². The van der Waals surface area contributed by atoms with E-state index in [2.05, 4.69) is 15.5 Å². The molecule has 1 unspecified atom stereocenters. The van der Waals surface area contributed by atoms with Crippen molar-refractivity contribution in [2.75, 3.05) is 18.4 Å². The van der Waals surface area contributed by atoms with E-state index in [1.165, 1.54) is 12.8 Å². The molecule has 0 bridgehead atoms. The molecule has 1 atom stereocenters. The third-order valence-corrected chi connectivity index (χ3v) is 5.52. The second kappa shape index (κ2) is 7.45. The maximum Gasteiger partial charge on any atom is 0.322 e. The molecule has 26 heavy (non-hydrogen) atoms. The molecule has 2 aromatic rings. The molecule has 1 aliphatic heterocycles. The molecule has 1 aromatic carbocycles. The van der Waals surface area contributed by atoms with E-state index in [0.29, 0.717) is 39.9 Å². The zero-order valence-electron chi connectivity index (χ0n) is 14.3. The van der Waals surface area contributed by atoms with Gasteiger partial charge in [-0.2, -0.15) is 4.98 Å². The number of aromatic nitrogens is 2. The molecule has 1 amide bonds. The Hall–Kier alpha value is -1.79. The average molecular weight is 395 g/mol. The molecule has 1 aliphatic carbocycles. The van der Waals surface area contributed by atoms with Crippen LogP contribution in [0.4, 0.5) is 6.01 Å². The van der Waals surface area contributed by atoms with Gasteiger partial charge < -0.3 is 14.7 Å². The minimum atomic E-state index is 0.122. The van der Waals surface area contributed by atoms with Gasteiger partial charge in [-0.15, -0.1) is 0 Å². The molecule has 1 saturated heterocycles. The van der Waals surface area contributed by atoms with E-state index in [9.17, 15) is 4.79 Å². The highest BCUT2D eigenvalue weighted by atomic mass is 35.5. The van der Waals surface area contributed by atoms with Crippen molar-refractivity contribution in [2.45, 2.75) is 38.1 Å². The lowest BCUT2D eigenvalue weighted by Crippen LogP contribution is -2.35.